The summed E-state index contributed by atoms with van der Waals surface area (Å²) in [6.45, 7) is 4.10. The molecule has 4 rings (SSSR count). The van der Waals surface area contributed by atoms with Gasteiger partial charge in [0.25, 0.3) is 0 Å². The summed E-state index contributed by atoms with van der Waals surface area (Å²) in [6, 6.07) is -0.372. The molecule has 31 heavy (non-hydrogen) atoms. The Labute approximate surface area is 184 Å². The zero-order chi connectivity index (χ0) is 22.1. The topological polar surface area (TPSA) is 144 Å². The first-order valence-electron chi connectivity index (χ1n) is 10.1. The van der Waals surface area contributed by atoms with Gasteiger partial charge in [-0.25, -0.2) is 9.67 Å². The summed E-state index contributed by atoms with van der Waals surface area (Å²) >= 11 is 1.57. The first-order valence-corrected chi connectivity index (χ1v) is 11.1. The van der Waals surface area contributed by atoms with E-state index in [1.165, 1.54) is 0 Å². The third-order valence-corrected chi connectivity index (χ3v) is 6.61. The summed E-state index contributed by atoms with van der Waals surface area (Å²) in [7, 11) is 1.66. The third kappa shape index (κ3) is 4.18. The van der Waals surface area contributed by atoms with Crippen LogP contribution in [0.5, 0.6) is 5.75 Å². The Kier molecular flexibility index (Phi) is 6.28. The number of nitrogens with two attached hydrogens (primary N) is 1. The van der Waals surface area contributed by atoms with Gasteiger partial charge < -0.3 is 26.0 Å². The van der Waals surface area contributed by atoms with Crippen molar-refractivity contribution in [2.45, 2.75) is 43.9 Å². The maximum atomic E-state index is 9.44. The van der Waals surface area contributed by atoms with E-state index < -0.39 is 0 Å². The average Bonchev–Trinajstić information content (AvgIpc) is 2.98. The molecule has 166 valence electrons. The van der Waals surface area contributed by atoms with E-state index in [1.54, 1.807) is 25.1 Å². The number of hydrogen-bond donors (Lipinski definition) is 4. The number of thioether (sulfide) groups is 1. The molecule has 0 saturated heterocycles. The highest BCUT2D eigenvalue weighted by molar-refractivity contribution is 7.99. The minimum atomic E-state index is -0.382. The van der Waals surface area contributed by atoms with E-state index in [9.17, 15) is 10.2 Å². The molecule has 0 aromatic carbocycles. The fourth-order valence-electron chi connectivity index (χ4n) is 3.93. The van der Waals surface area contributed by atoms with Crippen LogP contribution >= 0.6 is 11.8 Å². The third-order valence-electron chi connectivity index (χ3n) is 5.47. The molecule has 3 aromatic heterocycles. The van der Waals surface area contributed by atoms with Crippen molar-refractivity contribution in [2.24, 2.45) is 0 Å². The Balaban J connectivity index is 1.74. The van der Waals surface area contributed by atoms with Crippen molar-refractivity contribution in [3.8, 4) is 5.75 Å². The molecule has 0 saturated carbocycles. The number of aliphatic hydroxyl groups excluding tert-OH is 2. The van der Waals surface area contributed by atoms with Gasteiger partial charge in [-0.1, -0.05) is 0 Å². The maximum absolute atomic E-state index is 9.44. The molecule has 11 heteroatoms. The molecule has 0 fully saturated rings. The number of nitrogens with zero attached hydrogens (tertiary/aromatic N) is 5. The fourth-order valence-corrected chi connectivity index (χ4v) is 5.02. The van der Waals surface area contributed by atoms with Crippen molar-refractivity contribution in [1.29, 1.82) is 0 Å². The second-order valence-electron chi connectivity index (χ2n) is 7.68. The first kappa shape index (κ1) is 21.8. The number of anilines is 1. The summed E-state index contributed by atoms with van der Waals surface area (Å²) in [5.74, 6) is 1.73. The number of aromatic nitrogens is 5. The van der Waals surface area contributed by atoms with Crippen LogP contribution in [0.4, 0.5) is 5.95 Å². The summed E-state index contributed by atoms with van der Waals surface area (Å²) < 4.78 is 7.35. The maximum Gasteiger partial charge on any atom is 0.223 e. The molecule has 10 nitrogen and oxygen atoms in total. The van der Waals surface area contributed by atoms with Gasteiger partial charge in [-0.2, -0.15) is 10.1 Å². The van der Waals surface area contributed by atoms with Crippen LogP contribution in [0.1, 0.15) is 22.5 Å². The van der Waals surface area contributed by atoms with E-state index in [2.05, 4.69) is 20.3 Å². The molecule has 4 heterocycles. The van der Waals surface area contributed by atoms with E-state index in [0.717, 1.165) is 38.7 Å². The van der Waals surface area contributed by atoms with Crippen molar-refractivity contribution in [3.05, 3.63) is 28.7 Å². The second kappa shape index (κ2) is 8.95. The first-order chi connectivity index (χ1) is 14.9. The predicted octanol–water partition coefficient (Wildman–Crippen LogP) is 0.437. The summed E-state index contributed by atoms with van der Waals surface area (Å²) in [5, 5.41) is 28.7. The van der Waals surface area contributed by atoms with E-state index in [1.807, 2.05) is 18.5 Å². The lowest BCUT2D eigenvalue weighted by Crippen LogP contribution is -2.45. The predicted molar refractivity (Wildman–Crippen MR) is 118 cm³/mol. The second-order valence-corrected chi connectivity index (χ2v) is 8.69. The number of nitrogens with one attached hydrogen (secondary N) is 1. The van der Waals surface area contributed by atoms with Crippen molar-refractivity contribution in [3.63, 3.8) is 0 Å². The number of hydrogen-bond acceptors (Lipinski definition) is 10. The summed E-state index contributed by atoms with van der Waals surface area (Å²) in [6.07, 6.45) is 2.42. The molecular formula is C20H27N7O3S. The highest BCUT2D eigenvalue weighted by Gasteiger charge is 2.27. The van der Waals surface area contributed by atoms with Crippen LogP contribution in [0.2, 0.25) is 0 Å². The molecule has 0 amide bonds. The van der Waals surface area contributed by atoms with Crippen LogP contribution < -0.4 is 15.8 Å². The van der Waals surface area contributed by atoms with Gasteiger partial charge in [-0.15, -0.1) is 11.8 Å². The molecule has 1 aliphatic heterocycles. The van der Waals surface area contributed by atoms with Crippen LogP contribution in [-0.4, -0.2) is 73.1 Å². The molecule has 3 aromatic rings. The number of pyridine rings is 1. The lowest BCUT2D eigenvalue weighted by molar-refractivity contribution is 0.164. The molecule has 0 spiro atoms. The molecule has 1 aliphatic rings. The van der Waals surface area contributed by atoms with E-state index in [-0.39, 0.29) is 31.2 Å². The van der Waals surface area contributed by atoms with Gasteiger partial charge >= 0.3 is 0 Å². The SMILES string of the molecule is COc1c(C)cnc(Cn2nc3c4c(nc(N)nc42)SCC(NC(CO)CO)C3)c1C. The Morgan fingerprint density at radius 2 is 2.10 bits per heavy atom. The number of nitrogen functional groups attached to an aromatic ring is 1. The highest BCUT2D eigenvalue weighted by Crippen LogP contribution is 2.34. The number of rotatable bonds is 7. The Bertz CT molecular complexity index is 1100. The van der Waals surface area contributed by atoms with Gasteiger partial charge in [0.2, 0.25) is 5.95 Å². The molecule has 5 N–H and O–H groups in total. The number of ether oxygens (including phenoxy) is 1. The zero-order valence-electron chi connectivity index (χ0n) is 17.8. The van der Waals surface area contributed by atoms with E-state index in [0.29, 0.717) is 24.4 Å². The lowest BCUT2D eigenvalue weighted by atomic mass is 10.1. The van der Waals surface area contributed by atoms with E-state index in [4.69, 9.17) is 15.6 Å². The highest BCUT2D eigenvalue weighted by atomic mass is 32.2. The van der Waals surface area contributed by atoms with Gasteiger partial charge in [0.15, 0.2) is 5.65 Å². The van der Waals surface area contributed by atoms with Gasteiger partial charge in [0, 0.05) is 35.5 Å². The van der Waals surface area contributed by atoms with Crippen LogP contribution in [0.15, 0.2) is 11.2 Å². The number of methoxy groups -OCH3 is 1. The van der Waals surface area contributed by atoms with Crippen LogP contribution in [0.25, 0.3) is 11.0 Å². The number of aliphatic hydroxyl groups is 2. The van der Waals surface area contributed by atoms with Crippen molar-refractivity contribution >= 4 is 28.7 Å². The molecule has 0 bridgehead atoms. The van der Waals surface area contributed by atoms with Crippen LogP contribution in [0, 0.1) is 13.8 Å². The fraction of sp³-hybridized carbons (Fsp3) is 0.500. The van der Waals surface area contributed by atoms with Crippen molar-refractivity contribution in [2.75, 3.05) is 31.8 Å². The molecule has 1 atom stereocenters. The molecular weight excluding hydrogens is 418 g/mol. The quantitative estimate of drug-likeness (QED) is 0.378. The lowest BCUT2D eigenvalue weighted by Gasteiger charge is -2.21. The Morgan fingerprint density at radius 1 is 1.32 bits per heavy atom. The zero-order valence-corrected chi connectivity index (χ0v) is 18.6. The minimum Gasteiger partial charge on any atom is -0.496 e. The van der Waals surface area contributed by atoms with E-state index >= 15 is 0 Å². The van der Waals surface area contributed by atoms with Crippen molar-refractivity contribution < 1.29 is 14.9 Å². The van der Waals surface area contributed by atoms with Gasteiger partial charge in [-0.05, 0) is 13.8 Å². The van der Waals surface area contributed by atoms with Gasteiger partial charge in [0.1, 0.15) is 10.8 Å². The molecule has 1 unspecified atom stereocenters. The average molecular weight is 446 g/mol. The molecule has 0 radical (unpaired) electrons. The van der Waals surface area contributed by atoms with Gasteiger partial charge in [0.05, 0.1) is 49.7 Å². The normalized spacial score (nSPS) is 16.1. The monoisotopic (exact) mass is 445 g/mol. The van der Waals surface area contributed by atoms with Crippen LogP contribution in [-0.2, 0) is 13.0 Å². The number of aryl methyl sites for hydroxylation is 1. The minimum absolute atomic E-state index is 0.00982. The Morgan fingerprint density at radius 3 is 2.81 bits per heavy atom. The standard InChI is InChI=1S/C20H27N7O3S/c1-10-5-22-15(11(2)17(10)30-3)6-27-18-16-14(26-27)4-12(23-13(7-28)8-29)9-31-19(16)25-20(21)24-18/h5,12-13,23,28-29H,4,6-9H2,1-3H3,(H2,21,24,25). The largest absolute Gasteiger partial charge is 0.496 e. The summed E-state index contributed by atoms with van der Waals surface area (Å²) in [4.78, 5) is 13.5. The van der Waals surface area contributed by atoms with Gasteiger partial charge in [-0.3, -0.25) is 4.98 Å². The summed E-state index contributed by atoms with van der Waals surface area (Å²) in [5.41, 5.74) is 10.3. The van der Waals surface area contributed by atoms with Crippen molar-refractivity contribution in [1.82, 2.24) is 30.0 Å². The smallest absolute Gasteiger partial charge is 0.223 e. The van der Waals surface area contributed by atoms with Crippen LogP contribution in [0.3, 0.4) is 0 Å². The Hall–Kier alpha value is -2.47. The molecule has 0 aliphatic carbocycles.